The van der Waals surface area contributed by atoms with Gasteiger partial charge < -0.3 is 10.1 Å². The molecule has 0 heterocycles. The molecule has 0 aliphatic heterocycles. The monoisotopic (exact) mass is 269 g/mol. The van der Waals surface area contributed by atoms with Gasteiger partial charge in [-0.3, -0.25) is 0 Å². The van der Waals surface area contributed by atoms with E-state index < -0.39 is 0 Å². The third-order valence-electron chi connectivity index (χ3n) is 2.81. The first-order valence-corrected chi connectivity index (χ1v) is 7.04. The van der Waals surface area contributed by atoms with Crippen molar-refractivity contribution in [3.8, 4) is 5.75 Å². The van der Waals surface area contributed by atoms with Crippen LogP contribution in [0.1, 0.15) is 32.8 Å². The van der Waals surface area contributed by atoms with E-state index in [0.717, 1.165) is 35.8 Å². The molecule has 1 aromatic rings. The first-order chi connectivity index (χ1) is 8.52. The van der Waals surface area contributed by atoms with E-state index in [2.05, 4.69) is 26.1 Å². The van der Waals surface area contributed by atoms with Gasteiger partial charge in [-0.05, 0) is 49.6 Å². The molecule has 0 bridgehead atoms. The Labute approximate surface area is 116 Å². The van der Waals surface area contributed by atoms with Crippen LogP contribution >= 0.6 is 11.6 Å². The van der Waals surface area contributed by atoms with E-state index >= 15 is 0 Å². The predicted octanol–water partition coefficient (Wildman–Crippen LogP) is 4.05. The summed E-state index contributed by atoms with van der Waals surface area (Å²) in [4.78, 5) is 0. The van der Waals surface area contributed by atoms with Crippen LogP contribution in [0.2, 0.25) is 5.02 Å². The maximum atomic E-state index is 6.01. The molecule has 0 amide bonds. The molecule has 1 unspecified atom stereocenters. The number of aryl methyl sites for hydroxylation is 1. The van der Waals surface area contributed by atoms with Crippen molar-refractivity contribution in [1.82, 2.24) is 5.32 Å². The number of nitrogens with one attached hydrogen (secondary N) is 1. The van der Waals surface area contributed by atoms with Gasteiger partial charge in [0.05, 0.1) is 0 Å². The quantitative estimate of drug-likeness (QED) is 0.806. The third-order valence-corrected chi connectivity index (χ3v) is 3.05. The van der Waals surface area contributed by atoms with Crippen molar-refractivity contribution < 1.29 is 4.74 Å². The van der Waals surface area contributed by atoms with Gasteiger partial charge >= 0.3 is 0 Å². The van der Waals surface area contributed by atoms with Gasteiger partial charge in [-0.25, -0.2) is 0 Å². The highest BCUT2D eigenvalue weighted by molar-refractivity contribution is 6.30. The van der Waals surface area contributed by atoms with Crippen molar-refractivity contribution in [2.75, 3.05) is 13.1 Å². The van der Waals surface area contributed by atoms with E-state index in [9.17, 15) is 0 Å². The number of halogens is 1. The highest BCUT2D eigenvalue weighted by Gasteiger charge is 2.10. The topological polar surface area (TPSA) is 21.3 Å². The molecule has 102 valence electrons. The summed E-state index contributed by atoms with van der Waals surface area (Å²) in [6.07, 6.45) is 1.20. The Morgan fingerprint density at radius 2 is 2.00 bits per heavy atom. The molecule has 18 heavy (non-hydrogen) atoms. The summed E-state index contributed by atoms with van der Waals surface area (Å²) in [5, 5.41) is 4.19. The van der Waals surface area contributed by atoms with Gasteiger partial charge in [0.25, 0.3) is 0 Å². The van der Waals surface area contributed by atoms with Crippen LogP contribution in [0.5, 0.6) is 5.75 Å². The van der Waals surface area contributed by atoms with Crippen LogP contribution in [-0.2, 0) is 0 Å². The van der Waals surface area contributed by atoms with Gasteiger partial charge in [0.15, 0.2) is 0 Å². The number of rotatable bonds is 7. The molecule has 0 aromatic heterocycles. The number of ether oxygens (including phenoxy) is 1. The zero-order valence-corrected chi connectivity index (χ0v) is 12.6. The van der Waals surface area contributed by atoms with E-state index in [0.29, 0.717) is 5.92 Å². The van der Waals surface area contributed by atoms with Gasteiger partial charge in [0, 0.05) is 11.6 Å². The molecule has 1 aromatic carbocycles. The van der Waals surface area contributed by atoms with Crippen molar-refractivity contribution in [2.24, 2.45) is 5.92 Å². The van der Waals surface area contributed by atoms with E-state index in [1.165, 1.54) is 0 Å². The van der Waals surface area contributed by atoms with Crippen LogP contribution in [0.25, 0.3) is 0 Å². The number of benzene rings is 1. The van der Waals surface area contributed by atoms with Crippen LogP contribution in [0.15, 0.2) is 18.2 Å². The molecule has 0 saturated heterocycles. The molecule has 3 heteroatoms. The SMILES string of the molecule is CCC(CNCC(C)C)Oc1ccc(Cl)cc1C. The molecule has 0 fully saturated rings. The first-order valence-electron chi connectivity index (χ1n) is 6.66. The molecule has 1 rings (SSSR count). The summed E-state index contributed by atoms with van der Waals surface area (Å²) in [5.41, 5.74) is 1.09. The lowest BCUT2D eigenvalue weighted by Crippen LogP contribution is -2.33. The van der Waals surface area contributed by atoms with Crippen molar-refractivity contribution in [2.45, 2.75) is 40.2 Å². The van der Waals surface area contributed by atoms with Gasteiger partial charge in [-0.1, -0.05) is 32.4 Å². The fourth-order valence-corrected chi connectivity index (χ4v) is 1.95. The second kappa shape index (κ2) is 7.65. The molecule has 1 N–H and O–H groups in total. The summed E-state index contributed by atoms with van der Waals surface area (Å²) in [6.45, 7) is 10.5. The Hall–Kier alpha value is -0.730. The lowest BCUT2D eigenvalue weighted by molar-refractivity contribution is 0.191. The fourth-order valence-electron chi connectivity index (χ4n) is 1.73. The van der Waals surface area contributed by atoms with Crippen LogP contribution in [0, 0.1) is 12.8 Å². The Bertz CT molecular complexity index is 366. The first kappa shape index (κ1) is 15.3. The van der Waals surface area contributed by atoms with Gasteiger partial charge in [-0.15, -0.1) is 0 Å². The second-order valence-corrected chi connectivity index (χ2v) is 5.55. The number of hydrogen-bond donors (Lipinski definition) is 1. The minimum atomic E-state index is 0.212. The van der Waals surface area contributed by atoms with E-state index in [4.69, 9.17) is 16.3 Å². The Kier molecular flexibility index (Phi) is 6.51. The molecule has 0 spiro atoms. The van der Waals surface area contributed by atoms with Crippen LogP contribution in [0.3, 0.4) is 0 Å². The minimum absolute atomic E-state index is 0.212. The highest BCUT2D eigenvalue weighted by atomic mass is 35.5. The van der Waals surface area contributed by atoms with Crippen molar-refractivity contribution in [3.63, 3.8) is 0 Å². The molecule has 1 atom stereocenters. The lowest BCUT2D eigenvalue weighted by Gasteiger charge is -2.20. The van der Waals surface area contributed by atoms with Crippen LogP contribution < -0.4 is 10.1 Å². The summed E-state index contributed by atoms with van der Waals surface area (Å²) in [5.74, 6) is 1.59. The maximum absolute atomic E-state index is 6.01. The van der Waals surface area contributed by atoms with Crippen molar-refractivity contribution in [3.05, 3.63) is 28.8 Å². The Balaban J connectivity index is 2.51. The standard InChI is InChI=1S/C15H24ClNO/c1-5-14(10-17-9-11(2)3)18-15-7-6-13(16)8-12(15)4/h6-8,11,14,17H,5,9-10H2,1-4H3. The van der Waals surface area contributed by atoms with E-state index in [1.54, 1.807) is 0 Å². The minimum Gasteiger partial charge on any atom is -0.489 e. The molecule has 0 aliphatic carbocycles. The highest BCUT2D eigenvalue weighted by Crippen LogP contribution is 2.23. The molecule has 2 nitrogen and oxygen atoms in total. The van der Waals surface area contributed by atoms with Crippen molar-refractivity contribution >= 4 is 11.6 Å². The zero-order valence-electron chi connectivity index (χ0n) is 11.8. The molecule has 0 radical (unpaired) electrons. The Morgan fingerprint density at radius 3 is 2.56 bits per heavy atom. The largest absolute Gasteiger partial charge is 0.489 e. The molecule has 0 saturated carbocycles. The van der Waals surface area contributed by atoms with E-state index in [1.807, 2.05) is 25.1 Å². The lowest BCUT2D eigenvalue weighted by atomic mass is 10.2. The zero-order chi connectivity index (χ0) is 13.5. The predicted molar refractivity (Wildman–Crippen MR) is 78.6 cm³/mol. The summed E-state index contributed by atoms with van der Waals surface area (Å²) in [7, 11) is 0. The average molecular weight is 270 g/mol. The van der Waals surface area contributed by atoms with Gasteiger partial charge in [-0.2, -0.15) is 0 Å². The smallest absolute Gasteiger partial charge is 0.122 e. The summed E-state index contributed by atoms with van der Waals surface area (Å²) in [6, 6.07) is 5.76. The van der Waals surface area contributed by atoms with Crippen LogP contribution in [-0.4, -0.2) is 19.2 Å². The summed E-state index contributed by atoms with van der Waals surface area (Å²) < 4.78 is 6.01. The maximum Gasteiger partial charge on any atom is 0.122 e. The third kappa shape index (κ3) is 5.28. The fraction of sp³-hybridized carbons (Fsp3) is 0.600. The average Bonchev–Trinajstić information content (AvgIpc) is 2.30. The Morgan fingerprint density at radius 1 is 1.28 bits per heavy atom. The molecular weight excluding hydrogens is 246 g/mol. The molecule has 0 aliphatic rings. The van der Waals surface area contributed by atoms with Crippen LogP contribution in [0.4, 0.5) is 0 Å². The molecular formula is C15H24ClNO. The number of hydrogen-bond acceptors (Lipinski definition) is 2. The van der Waals surface area contributed by atoms with Gasteiger partial charge in [0.2, 0.25) is 0 Å². The van der Waals surface area contributed by atoms with E-state index in [-0.39, 0.29) is 6.10 Å². The van der Waals surface area contributed by atoms with Gasteiger partial charge in [0.1, 0.15) is 11.9 Å². The second-order valence-electron chi connectivity index (χ2n) is 5.11. The normalized spacial score (nSPS) is 12.8. The van der Waals surface area contributed by atoms with Crippen molar-refractivity contribution in [1.29, 1.82) is 0 Å². The summed E-state index contributed by atoms with van der Waals surface area (Å²) >= 11 is 5.94.